The Bertz CT molecular complexity index is 653. The number of pyridine rings is 1. The Morgan fingerprint density at radius 3 is 3.23 bits per heavy atom. The normalized spacial score (nSPS) is 19.3. The molecule has 1 amide bonds. The van der Waals surface area contributed by atoms with Crippen LogP contribution in [0, 0.1) is 5.92 Å². The van der Waals surface area contributed by atoms with Crippen LogP contribution in [0.15, 0.2) is 24.5 Å². The summed E-state index contributed by atoms with van der Waals surface area (Å²) in [5, 5.41) is 8.45. The number of fused-ring (bicyclic) bond motifs is 1. The van der Waals surface area contributed by atoms with Crippen LogP contribution < -0.4 is 10.3 Å². The Morgan fingerprint density at radius 1 is 1.55 bits per heavy atom. The number of rotatable bonds is 4. The van der Waals surface area contributed by atoms with E-state index >= 15 is 0 Å². The first-order valence-corrected chi connectivity index (χ1v) is 7.89. The van der Waals surface area contributed by atoms with Gasteiger partial charge in [0.25, 0.3) is 0 Å². The predicted molar refractivity (Wildman–Crippen MR) is 87.5 cm³/mol. The monoisotopic (exact) mass is 301 g/mol. The van der Waals surface area contributed by atoms with Crippen molar-refractivity contribution in [2.75, 3.05) is 31.7 Å². The third-order valence-electron chi connectivity index (χ3n) is 4.33. The number of anilines is 1. The summed E-state index contributed by atoms with van der Waals surface area (Å²) in [7, 11) is 2.06. The number of hydrogen-bond donors (Lipinski definition) is 2. The van der Waals surface area contributed by atoms with Crippen LogP contribution in [0.2, 0.25) is 0 Å². The molecule has 0 aliphatic carbocycles. The number of aromatic nitrogens is 2. The Labute approximate surface area is 130 Å². The van der Waals surface area contributed by atoms with Crippen molar-refractivity contribution in [3.63, 3.8) is 0 Å². The van der Waals surface area contributed by atoms with E-state index in [9.17, 15) is 4.79 Å². The minimum Gasteiger partial charge on any atom is -0.356 e. The molecule has 22 heavy (non-hydrogen) atoms. The number of aromatic amines is 1. The molecule has 1 aliphatic heterocycles. The molecule has 6 nitrogen and oxygen atoms in total. The van der Waals surface area contributed by atoms with Crippen LogP contribution in [0.4, 0.5) is 5.69 Å². The Balaban J connectivity index is 1.78. The maximum Gasteiger partial charge on any atom is 0.224 e. The van der Waals surface area contributed by atoms with Crippen molar-refractivity contribution >= 4 is 22.6 Å². The first-order valence-electron chi connectivity index (χ1n) is 7.89. The van der Waals surface area contributed by atoms with Gasteiger partial charge >= 0.3 is 0 Å². The van der Waals surface area contributed by atoms with Crippen molar-refractivity contribution < 1.29 is 4.79 Å². The zero-order chi connectivity index (χ0) is 15.5. The highest BCUT2D eigenvalue weighted by atomic mass is 16.1. The quantitative estimate of drug-likeness (QED) is 0.903. The highest BCUT2D eigenvalue weighted by Crippen LogP contribution is 2.27. The molecule has 6 heteroatoms. The Hall–Kier alpha value is -2.08. The second-order valence-corrected chi connectivity index (χ2v) is 5.74. The highest BCUT2D eigenvalue weighted by molar-refractivity contribution is 5.89. The molecule has 0 spiro atoms. The van der Waals surface area contributed by atoms with Crippen LogP contribution in [-0.2, 0) is 4.79 Å². The highest BCUT2D eigenvalue weighted by Gasteiger charge is 2.28. The summed E-state index contributed by atoms with van der Waals surface area (Å²) in [4.78, 5) is 19.6. The summed E-state index contributed by atoms with van der Waals surface area (Å²) in [5.41, 5.74) is 2.00. The van der Waals surface area contributed by atoms with Gasteiger partial charge in [-0.25, -0.2) is 9.99 Å². The van der Waals surface area contributed by atoms with Crippen LogP contribution in [0.5, 0.6) is 0 Å². The lowest BCUT2D eigenvalue weighted by Gasteiger charge is -2.39. The van der Waals surface area contributed by atoms with Crippen LogP contribution in [-0.4, -0.2) is 47.6 Å². The van der Waals surface area contributed by atoms with Crippen molar-refractivity contribution in [2.45, 2.75) is 19.8 Å². The summed E-state index contributed by atoms with van der Waals surface area (Å²) < 4.78 is 0. The molecule has 118 valence electrons. The molecule has 3 rings (SSSR count). The molecular formula is C16H23N5O. The lowest BCUT2D eigenvalue weighted by molar-refractivity contribution is -0.126. The largest absolute Gasteiger partial charge is 0.356 e. The van der Waals surface area contributed by atoms with Gasteiger partial charge in [-0.1, -0.05) is 0 Å². The number of hydrazine groups is 1. The summed E-state index contributed by atoms with van der Waals surface area (Å²) in [6.07, 6.45) is 5.72. The number of carbonyl (C=O) groups excluding carboxylic acids is 1. The van der Waals surface area contributed by atoms with Crippen LogP contribution in [0.25, 0.3) is 11.0 Å². The van der Waals surface area contributed by atoms with Gasteiger partial charge in [0.2, 0.25) is 5.91 Å². The summed E-state index contributed by atoms with van der Waals surface area (Å²) in [5.74, 6) is 0.238. The fourth-order valence-electron chi connectivity index (χ4n) is 3.14. The van der Waals surface area contributed by atoms with E-state index in [4.69, 9.17) is 0 Å². The van der Waals surface area contributed by atoms with Gasteiger partial charge in [0, 0.05) is 44.5 Å². The topological polar surface area (TPSA) is 64.3 Å². The van der Waals surface area contributed by atoms with Gasteiger partial charge in [0.1, 0.15) is 5.65 Å². The van der Waals surface area contributed by atoms with Gasteiger partial charge in [-0.2, -0.15) is 0 Å². The lowest BCUT2D eigenvalue weighted by atomic mass is 9.98. The zero-order valence-corrected chi connectivity index (χ0v) is 13.2. The average molecular weight is 301 g/mol. The third-order valence-corrected chi connectivity index (χ3v) is 4.33. The smallest absolute Gasteiger partial charge is 0.224 e. The van der Waals surface area contributed by atoms with Gasteiger partial charge in [0.05, 0.1) is 11.6 Å². The fourth-order valence-corrected chi connectivity index (χ4v) is 3.14. The van der Waals surface area contributed by atoms with E-state index in [1.807, 2.05) is 31.5 Å². The molecule has 1 aliphatic rings. The van der Waals surface area contributed by atoms with Crippen LogP contribution in [0.3, 0.4) is 0 Å². The number of hydrogen-bond acceptors (Lipinski definition) is 4. The average Bonchev–Trinajstić information content (AvgIpc) is 3.03. The maximum absolute atomic E-state index is 12.1. The molecule has 1 saturated heterocycles. The molecule has 2 aromatic rings. The second kappa shape index (κ2) is 6.36. The fraction of sp³-hybridized carbons (Fsp3) is 0.500. The van der Waals surface area contributed by atoms with E-state index in [0.717, 1.165) is 42.7 Å². The van der Waals surface area contributed by atoms with Crippen molar-refractivity contribution in [1.82, 2.24) is 20.3 Å². The van der Waals surface area contributed by atoms with E-state index in [-0.39, 0.29) is 11.8 Å². The van der Waals surface area contributed by atoms with Crippen LogP contribution >= 0.6 is 0 Å². The Kier molecular flexibility index (Phi) is 4.29. The molecule has 1 atom stereocenters. The number of nitrogens with one attached hydrogen (secondary N) is 2. The summed E-state index contributed by atoms with van der Waals surface area (Å²) in [6.45, 7) is 4.39. The first kappa shape index (κ1) is 14.8. The maximum atomic E-state index is 12.1. The zero-order valence-electron chi connectivity index (χ0n) is 13.2. The van der Waals surface area contributed by atoms with Gasteiger partial charge in [0.15, 0.2) is 0 Å². The van der Waals surface area contributed by atoms with Crippen molar-refractivity contribution in [3.05, 3.63) is 24.5 Å². The molecule has 2 N–H and O–H groups in total. The molecule has 2 aromatic heterocycles. The third kappa shape index (κ3) is 2.78. The number of H-pyrrole nitrogens is 1. The molecule has 1 fully saturated rings. The predicted octanol–water partition coefficient (Wildman–Crippen LogP) is 1.76. The molecule has 0 aromatic carbocycles. The van der Waals surface area contributed by atoms with E-state index in [2.05, 4.69) is 32.4 Å². The molecule has 3 heterocycles. The lowest BCUT2D eigenvalue weighted by Crippen LogP contribution is -2.49. The van der Waals surface area contributed by atoms with E-state index in [0.29, 0.717) is 6.54 Å². The Morgan fingerprint density at radius 2 is 2.41 bits per heavy atom. The van der Waals surface area contributed by atoms with Crippen LogP contribution in [0.1, 0.15) is 19.8 Å². The SMILES string of the molecule is CCNC(=O)C1CCCN(N(C)c2ccnc3[nH]ccc23)C1. The summed E-state index contributed by atoms with van der Waals surface area (Å²) >= 11 is 0. The van der Waals surface area contributed by atoms with E-state index in [1.54, 1.807) is 0 Å². The number of carbonyl (C=O) groups is 1. The van der Waals surface area contributed by atoms with Gasteiger partial charge in [-0.3, -0.25) is 4.79 Å². The molecule has 0 radical (unpaired) electrons. The van der Waals surface area contributed by atoms with E-state index in [1.165, 1.54) is 0 Å². The molecule has 0 saturated carbocycles. The minimum absolute atomic E-state index is 0.0692. The van der Waals surface area contributed by atoms with Crippen molar-refractivity contribution in [1.29, 1.82) is 0 Å². The van der Waals surface area contributed by atoms with Crippen molar-refractivity contribution in [3.8, 4) is 0 Å². The summed E-state index contributed by atoms with van der Waals surface area (Å²) in [6, 6.07) is 4.06. The minimum atomic E-state index is 0.0692. The number of piperidine rings is 1. The van der Waals surface area contributed by atoms with Gasteiger partial charge < -0.3 is 15.3 Å². The second-order valence-electron chi connectivity index (χ2n) is 5.74. The van der Waals surface area contributed by atoms with Gasteiger partial charge in [-0.05, 0) is 31.9 Å². The molecule has 1 unspecified atom stereocenters. The number of nitrogens with zero attached hydrogens (tertiary/aromatic N) is 3. The van der Waals surface area contributed by atoms with Gasteiger partial charge in [-0.15, -0.1) is 0 Å². The number of amides is 1. The molecule has 0 bridgehead atoms. The molecular weight excluding hydrogens is 278 g/mol. The standard InChI is InChI=1S/C16H23N5O/c1-3-17-16(22)12-5-4-10-21(11-12)20(2)14-7-9-19-15-13(14)6-8-18-15/h6-9,12H,3-5,10-11H2,1-2H3,(H,17,22)(H,18,19). The van der Waals surface area contributed by atoms with E-state index < -0.39 is 0 Å². The first-order chi connectivity index (χ1) is 10.7. The van der Waals surface area contributed by atoms with Crippen molar-refractivity contribution in [2.24, 2.45) is 5.92 Å².